The predicted molar refractivity (Wildman–Crippen MR) is 99.5 cm³/mol. The van der Waals surface area contributed by atoms with Crippen molar-refractivity contribution in [3.8, 4) is 0 Å². The van der Waals surface area contributed by atoms with Crippen molar-refractivity contribution in [2.24, 2.45) is 5.73 Å². The second-order valence-electron chi connectivity index (χ2n) is 5.11. The molecule has 4 N–H and O–H groups in total. The van der Waals surface area contributed by atoms with Gasteiger partial charge in [-0.15, -0.1) is 11.8 Å². The monoisotopic (exact) mass is 363 g/mol. The van der Waals surface area contributed by atoms with Crippen molar-refractivity contribution in [3.63, 3.8) is 0 Å². The number of thioether (sulfide) groups is 1. The fourth-order valence-electron chi connectivity index (χ4n) is 1.94. The number of nitrogens with one attached hydrogen (secondary N) is 2. The zero-order chi connectivity index (χ0) is 17.5. The number of hydrogen-bond acceptors (Lipinski definition) is 4. The van der Waals surface area contributed by atoms with Crippen LogP contribution in [0.25, 0.3) is 0 Å². The van der Waals surface area contributed by atoms with Crippen molar-refractivity contribution >= 4 is 46.6 Å². The van der Waals surface area contributed by atoms with Crippen LogP contribution in [0.2, 0.25) is 5.02 Å². The van der Waals surface area contributed by atoms with Crippen LogP contribution in [0.3, 0.4) is 0 Å². The van der Waals surface area contributed by atoms with E-state index in [-0.39, 0.29) is 17.6 Å². The van der Waals surface area contributed by atoms with Crippen molar-refractivity contribution in [2.75, 3.05) is 16.4 Å². The molecule has 0 bridgehead atoms. The molecule has 5 nitrogen and oxygen atoms in total. The molecule has 0 unspecified atom stereocenters. The quantitative estimate of drug-likeness (QED) is 0.658. The highest BCUT2D eigenvalue weighted by Gasteiger charge is 2.14. The van der Waals surface area contributed by atoms with Crippen molar-refractivity contribution in [1.82, 2.24) is 0 Å². The van der Waals surface area contributed by atoms with Gasteiger partial charge in [0.15, 0.2) is 0 Å². The average Bonchev–Trinajstić information content (AvgIpc) is 2.56. The molecule has 126 valence electrons. The normalized spacial score (nSPS) is 11.6. The number of amides is 2. The van der Waals surface area contributed by atoms with Gasteiger partial charge in [-0.05, 0) is 43.3 Å². The van der Waals surface area contributed by atoms with Crippen LogP contribution in [-0.2, 0) is 9.59 Å². The lowest BCUT2D eigenvalue weighted by atomic mass is 10.2. The van der Waals surface area contributed by atoms with E-state index in [0.29, 0.717) is 10.7 Å². The predicted octanol–water partition coefficient (Wildman–Crippen LogP) is 3.36. The van der Waals surface area contributed by atoms with Crippen LogP contribution in [0.15, 0.2) is 53.4 Å². The third kappa shape index (κ3) is 5.47. The molecule has 0 radical (unpaired) electrons. The summed E-state index contributed by atoms with van der Waals surface area (Å²) in [4.78, 5) is 24.1. The van der Waals surface area contributed by atoms with Gasteiger partial charge < -0.3 is 16.4 Å². The molecular weight excluding hydrogens is 346 g/mol. The first-order valence-electron chi connectivity index (χ1n) is 7.29. The highest BCUT2D eigenvalue weighted by molar-refractivity contribution is 8.00. The number of carbonyl (C=O) groups excluding carboxylic acids is 2. The van der Waals surface area contributed by atoms with E-state index >= 15 is 0 Å². The van der Waals surface area contributed by atoms with E-state index in [9.17, 15) is 9.59 Å². The van der Waals surface area contributed by atoms with Gasteiger partial charge >= 0.3 is 0 Å². The van der Waals surface area contributed by atoms with Crippen molar-refractivity contribution in [1.29, 1.82) is 0 Å². The Morgan fingerprint density at radius 2 is 1.83 bits per heavy atom. The van der Waals surface area contributed by atoms with Gasteiger partial charge in [0.25, 0.3) is 0 Å². The molecule has 0 spiro atoms. The van der Waals surface area contributed by atoms with Gasteiger partial charge in [0, 0.05) is 21.3 Å². The summed E-state index contributed by atoms with van der Waals surface area (Å²) in [5.41, 5.74) is 6.64. The number of carbonyl (C=O) groups is 2. The van der Waals surface area contributed by atoms with Gasteiger partial charge in [-0.3, -0.25) is 9.59 Å². The fourth-order valence-corrected chi connectivity index (χ4v) is 2.82. The smallest absolute Gasteiger partial charge is 0.246 e. The van der Waals surface area contributed by atoms with Gasteiger partial charge in [-0.1, -0.05) is 23.7 Å². The first-order chi connectivity index (χ1) is 11.5. The standard InChI is InChI=1S/C17H18ClN3O2S/c1-11(17(23)21-13-8-6-12(18)7-9-13)20-14-4-2-3-5-15(14)24-10-16(19)22/h2-9,11,20H,10H2,1H3,(H2,19,22)(H,21,23)/t11-/m0/s1. The zero-order valence-corrected chi connectivity index (χ0v) is 14.7. The average molecular weight is 364 g/mol. The summed E-state index contributed by atoms with van der Waals surface area (Å²) >= 11 is 7.16. The lowest BCUT2D eigenvalue weighted by molar-refractivity contribution is -0.117. The molecule has 0 saturated carbocycles. The van der Waals surface area contributed by atoms with Crippen LogP contribution < -0.4 is 16.4 Å². The Morgan fingerprint density at radius 3 is 2.50 bits per heavy atom. The van der Waals surface area contributed by atoms with Crippen molar-refractivity contribution in [3.05, 3.63) is 53.6 Å². The van der Waals surface area contributed by atoms with Gasteiger partial charge in [0.1, 0.15) is 6.04 Å². The van der Waals surface area contributed by atoms with Crippen LogP contribution in [0.1, 0.15) is 6.92 Å². The molecule has 0 aromatic heterocycles. The van der Waals surface area contributed by atoms with Crippen LogP contribution in [0.5, 0.6) is 0 Å². The summed E-state index contributed by atoms with van der Waals surface area (Å²) in [6, 6.07) is 13.9. The second kappa shape index (κ2) is 8.61. The molecule has 2 aromatic rings. The number of primary amides is 1. The molecule has 0 aliphatic rings. The van der Waals surface area contributed by atoms with Crippen LogP contribution in [0, 0.1) is 0 Å². The van der Waals surface area contributed by atoms with Gasteiger partial charge in [-0.2, -0.15) is 0 Å². The highest BCUT2D eigenvalue weighted by Crippen LogP contribution is 2.27. The summed E-state index contributed by atoms with van der Waals surface area (Å²) in [7, 11) is 0. The lowest BCUT2D eigenvalue weighted by Crippen LogP contribution is -2.32. The molecule has 2 aromatic carbocycles. The molecule has 0 fully saturated rings. The fraction of sp³-hybridized carbons (Fsp3) is 0.176. The first kappa shape index (κ1) is 18.2. The minimum Gasteiger partial charge on any atom is -0.373 e. The van der Waals surface area contributed by atoms with Crippen LogP contribution in [0.4, 0.5) is 11.4 Å². The number of anilines is 2. The number of rotatable bonds is 7. The number of para-hydroxylation sites is 1. The van der Waals surface area contributed by atoms with E-state index in [1.54, 1.807) is 31.2 Å². The highest BCUT2D eigenvalue weighted by atomic mass is 35.5. The summed E-state index contributed by atoms with van der Waals surface area (Å²) in [6.07, 6.45) is 0. The van der Waals surface area contributed by atoms with E-state index in [4.69, 9.17) is 17.3 Å². The van der Waals surface area contributed by atoms with Crippen molar-refractivity contribution in [2.45, 2.75) is 17.9 Å². The third-order valence-corrected chi connectivity index (χ3v) is 4.48. The first-order valence-corrected chi connectivity index (χ1v) is 8.65. The van der Waals surface area contributed by atoms with Gasteiger partial charge in [0.05, 0.1) is 5.75 Å². The maximum absolute atomic E-state index is 12.3. The maximum Gasteiger partial charge on any atom is 0.246 e. The molecule has 2 amide bonds. The summed E-state index contributed by atoms with van der Waals surface area (Å²) < 4.78 is 0. The number of halogens is 1. The van der Waals surface area contributed by atoms with E-state index in [1.165, 1.54) is 11.8 Å². The summed E-state index contributed by atoms with van der Waals surface area (Å²) in [6.45, 7) is 1.76. The second-order valence-corrected chi connectivity index (χ2v) is 6.57. The Morgan fingerprint density at radius 1 is 1.17 bits per heavy atom. The summed E-state index contributed by atoms with van der Waals surface area (Å²) in [5.74, 6) is -0.375. The number of hydrogen-bond donors (Lipinski definition) is 3. The van der Waals surface area contributed by atoms with E-state index in [0.717, 1.165) is 10.6 Å². The lowest BCUT2D eigenvalue weighted by Gasteiger charge is -2.17. The third-order valence-electron chi connectivity index (χ3n) is 3.13. The molecule has 0 aliphatic carbocycles. The Hall–Kier alpha value is -2.18. The topological polar surface area (TPSA) is 84.2 Å². The maximum atomic E-state index is 12.3. The zero-order valence-electron chi connectivity index (χ0n) is 13.1. The Kier molecular flexibility index (Phi) is 6.52. The molecule has 24 heavy (non-hydrogen) atoms. The molecular formula is C17H18ClN3O2S. The molecule has 0 aliphatic heterocycles. The van der Waals surface area contributed by atoms with Crippen LogP contribution >= 0.6 is 23.4 Å². The minimum atomic E-state index is -0.462. The molecule has 0 heterocycles. The molecule has 1 atom stereocenters. The van der Waals surface area contributed by atoms with E-state index in [1.807, 2.05) is 24.3 Å². The summed E-state index contributed by atoms with van der Waals surface area (Å²) in [5, 5.41) is 6.58. The van der Waals surface area contributed by atoms with Crippen molar-refractivity contribution < 1.29 is 9.59 Å². The van der Waals surface area contributed by atoms with E-state index < -0.39 is 6.04 Å². The van der Waals surface area contributed by atoms with Gasteiger partial charge in [0.2, 0.25) is 11.8 Å². The largest absolute Gasteiger partial charge is 0.373 e. The minimum absolute atomic E-state index is 0.174. The van der Waals surface area contributed by atoms with E-state index in [2.05, 4.69) is 10.6 Å². The van der Waals surface area contributed by atoms with Gasteiger partial charge in [-0.25, -0.2) is 0 Å². The Labute approximate surface area is 150 Å². The SMILES string of the molecule is C[C@H](Nc1ccccc1SCC(N)=O)C(=O)Nc1ccc(Cl)cc1. The number of benzene rings is 2. The Bertz CT molecular complexity index is 722. The molecule has 0 saturated heterocycles. The molecule has 2 rings (SSSR count). The number of nitrogens with two attached hydrogens (primary N) is 1. The Balaban J connectivity index is 2.00. The van der Waals surface area contributed by atoms with Crippen LogP contribution in [-0.4, -0.2) is 23.6 Å². The molecule has 7 heteroatoms.